The summed E-state index contributed by atoms with van der Waals surface area (Å²) in [5.41, 5.74) is 3.49. The molecule has 0 atom stereocenters. The molecule has 0 aliphatic carbocycles. The number of nitrogens with one attached hydrogen (secondary N) is 2. The van der Waals surface area contributed by atoms with Gasteiger partial charge in [0.1, 0.15) is 11.6 Å². The van der Waals surface area contributed by atoms with Crippen LogP contribution in [0.3, 0.4) is 0 Å². The fourth-order valence-corrected chi connectivity index (χ4v) is 3.27. The zero-order chi connectivity index (χ0) is 21.2. The van der Waals surface area contributed by atoms with E-state index in [9.17, 15) is 9.18 Å². The third kappa shape index (κ3) is 3.91. The minimum absolute atomic E-state index is 0.156. The lowest BCUT2D eigenvalue weighted by Crippen LogP contribution is -2.12. The van der Waals surface area contributed by atoms with Gasteiger partial charge in [-0.25, -0.2) is 9.37 Å². The van der Waals surface area contributed by atoms with Crippen molar-refractivity contribution in [1.82, 2.24) is 20.1 Å². The van der Waals surface area contributed by atoms with Gasteiger partial charge in [-0.05, 0) is 42.0 Å². The number of benzene rings is 2. The summed E-state index contributed by atoms with van der Waals surface area (Å²) in [6, 6.07) is 17.1. The van der Waals surface area contributed by atoms with Crippen molar-refractivity contribution < 1.29 is 13.7 Å². The van der Waals surface area contributed by atoms with Crippen LogP contribution in [0.1, 0.15) is 21.9 Å². The molecule has 0 saturated carbocycles. The summed E-state index contributed by atoms with van der Waals surface area (Å²) in [6.45, 7) is 0. The normalized spacial score (nSPS) is 11.0. The van der Waals surface area contributed by atoms with Gasteiger partial charge in [-0.2, -0.15) is 0 Å². The van der Waals surface area contributed by atoms with Crippen LogP contribution in [0.25, 0.3) is 22.4 Å². The number of rotatable bonds is 5. The van der Waals surface area contributed by atoms with Gasteiger partial charge < -0.3 is 14.8 Å². The summed E-state index contributed by atoms with van der Waals surface area (Å²) in [7, 11) is 0. The molecule has 0 saturated heterocycles. The van der Waals surface area contributed by atoms with Crippen molar-refractivity contribution in [2.24, 2.45) is 0 Å². The van der Waals surface area contributed by atoms with Crippen LogP contribution < -0.4 is 5.32 Å². The second-order valence-electron chi connectivity index (χ2n) is 6.96. The molecule has 2 aromatic carbocycles. The van der Waals surface area contributed by atoms with E-state index < -0.39 is 5.91 Å². The van der Waals surface area contributed by atoms with Gasteiger partial charge in [0.25, 0.3) is 5.91 Å². The maximum absolute atomic E-state index is 13.9. The van der Waals surface area contributed by atoms with E-state index in [0.717, 1.165) is 16.6 Å². The Morgan fingerprint density at radius 1 is 1.10 bits per heavy atom. The van der Waals surface area contributed by atoms with Gasteiger partial charge in [-0.3, -0.25) is 9.78 Å². The Morgan fingerprint density at radius 3 is 2.84 bits per heavy atom. The number of carbonyl (C=O) groups excluding carboxylic acids is 1. The molecule has 0 spiro atoms. The summed E-state index contributed by atoms with van der Waals surface area (Å²) in [5, 5.41) is 6.64. The van der Waals surface area contributed by atoms with Gasteiger partial charge in [0.2, 0.25) is 0 Å². The first-order chi connectivity index (χ1) is 15.2. The van der Waals surface area contributed by atoms with Crippen molar-refractivity contribution in [3.8, 4) is 11.3 Å². The van der Waals surface area contributed by atoms with Crippen LogP contribution in [0.4, 0.5) is 10.1 Å². The maximum atomic E-state index is 13.9. The van der Waals surface area contributed by atoms with E-state index in [0.29, 0.717) is 29.3 Å². The third-order valence-electron chi connectivity index (χ3n) is 4.79. The van der Waals surface area contributed by atoms with E-state index in [2.05, 4.69) is 25.4 Å². The molecule has 0 aliphatic rings. The number of aromatic nitrogens is 4. The minimum Gasteiger partial charge on any atom is -0.355 e. The summed E-state index contributed by atoms with van der Waals surface area (Å²) >= 11 is 0. The molecule has 5 aromatic rings. The molecular weight excluding hydrogens is 397 g/mol. The standard InChI is InChI=1S/C23H16FN5O2/c24-17-6-2-1-4-14(17)10-22-27-18-8-7-16(11-19(18)28-22)26-23(30)20-12-21(31-29-20)15-5-3-9-25-13-15/h1-9,11-13H,10H2,(H,26,30)(H,27,28). The Balaban J connectivity index is 1.33. The second-order valence-corrected chi connectivity index (χ2v) is 6.96. The zero-order valence-corrected chi connectivity index (χ0v) is 16.2. The second kappa shape index (κ2) is 7.83. The molecule has 8 heteroatoms. The van der Waals surface area contributed by atoms with Crippen molar-refractivity contribution in [3.05, 3.63) is 96.0 Å². The van der Waals surface area contributed by atoms with E-state index in [1.165, 1.54) is 6.07 Å². The topological polar surface area (TPSA) is 96.7 Å². The van der Waals surface area contributed by atoms with E-state index in [1.807, 2.05) is 6.07 Å². The predicted octanol–water partition coefficient (Wildman–Crippen LogP) is 4.60. The number of aromatic amines is 1. The molecule has 7 nitrogen and oxygen atoms in total. The minimum atomic E-state index is -0.399. The highest BCUT2D eigenvalue weighted by Crippen LogP contribution is 2.22. The van der Waals surface area contributed by atoms with Crippen molar-refractivity contribution in [2.75, 3.05) is 5.32 Å². The molecule has 3 aromatic heterocycles. The fraction of sp³-hybridized carbons (Fsp3) is 0.0435. The van der Waals surface area contributed by atoms with Crippen molar-refractivity contribution in [2.45, 2.75) is 6.42 Å². The van der Waals surface area contributed by atoms with E-state index in [1.54, 1.807) is 60.9 Å². The van der Waals surface area contributed by atoms with E-state index in [4.69, 9.17) is 4.52 Å². The average Bonchev–Trinajstić information content (AvgIpc) is 3.43. The number of imidazole rings is 1. The number of hydrogen-bond donors (Lipinski definition) is 2. The van der Waals surface area contributed by atoms with Crippen LogP contribution in [0, 0.1) is 5.82 Å². The molecule has 0 unspecified atom stereocenters. The summed E-state index contributed by atoms with van der Waals surface area (Å²) in [5.74, 6) is 0.430. The molecule has 0 bridgehead atoms. The maximum Gasteiger partial charge on any atom is 0.277 e. The molecule has 31 heavy (non-hydrogen) atoms. The van der Waals surface area contributed by atoms with E-state index >= 15 is 0 Å². The van der Waals surface area contributed by atoms with Crippen molar-refractivity contribution in [3.63, 3.8) is 0 Å². The van der Waals surface area contributed by atoms with Crippen molar-refractivity contribution in [1.29, 1.82) is 0 Å². The number of carbonyl (C=O) groups is 1. The first-order valence-electron chi connectivity index (χ1n) is 9.56. The lowest BCUT2D eigenvalue weighted by Gasteiger charge is -2.02. The Bertz CT molecular complexity index is 1380. The SMILES string of the molecule is O=C(Nc1ccc2nc(Cc3ccccc3F)[nH]c2c1)c1cc(-c2cccnc2)on1. The first-order valence-corrected chi connectivity index (χ1v) is 9.56. The number of nitrogens with zero attached hydrogens (tertiary/aromatic N) is 3. The molecule has 2 N–H and O–H groups in total. The van der Waals surface area contributed by atoms with Crippen molar-refractivity contribution >= 4 is 22.6 Å². The Labute approximate surface area is 176 Å². The molecular formula is C23H16FN5O2. The molecule has 5 rings (SSSR count). The van der Waals surface area contributed by atoms with Crippen LogP contribution in [-0.4, -0.2) is 26.0 Å². The number of fused-ring (bicyclic) bond motifs is 1. The molecule has 3 heterocycles. The number of H-pyrrole nitrogens is 1. The summed E-state index contributed by atoms with van der Waals surface area (Å²) in [4.78, 5) is 24.3. The van der Waals surface area contributed by atoms with Crippen LogP contribution in [-0.2, 0) is 6.42 Å². The lowest BCUT2D eigenvalue weighted by atomic mass is 10.1. The van der Waals surface area contributed by atoms with Gasteiger partial charge in [-0.15, -0.1) is 0 Å². The largest absolute Gasteiger partial charge is 0.355 e. The predicted molar refractivity (Wildman–Crippen MR) is 113 cm³/mol. The van der Waals surface area contributed by atoms with Gasteiger partial charge in [0.15, 0.2) is 11.5 Å². The van der Waals surface area contributed by atoms with Gasteiger partial charge in [0.05, 0.1) is 11.0 Å². The monoisotopic (exact) mass is 413 g/mol. The van der Waals surface area contributed by atoms with Gasteiger partial charge in [-0.1, -0.05) is 23.4 Å². The Hall–Kier alpha value is -4.33. The Morgan fingerprint density at radius 2 is 2.00 bits per heavy atom. The van der Waals surface area contributed by atoms with Crippen LogP contribution in [0.5, 0.6) is 0 Å². The number of halogens is 1. The number of amides is 1. The van der Waals surface area contributed by atoms with E-state index in [-0.39, 0.29) is 11.5 Å². The number of pyridine rings is 1. The lowest BCUT2D eigenvalue weighted by molar-refractivity contribution is 0.101. The summed E-state index contributed by atoms with van der Waals surface area (Å²) < 4.78 is 19.2. The first kappa shape index (κ1) is 18.7. The number of hydrogen-bond acceptors (Lipinski definition) is 5. The Kier molecular flexibility index (Phi) is 4.72. The molecule has 152 valence electrons. The highest BCUT2D eigenvalue weighted by Gasteiger charge is 2.15. The molecule has 1 amide bonds. The van der Waals surface area contributed by atoms with Gasteiger partial charge >= 0.3 is 0 Å². The average molecular weight is 413 g/mol. The van der Waals surface area contributed by atoms with Crippen LogP contribution in [0.15, 0.2) is 77.6 Å². The fourth-order valence-electron chi connectivity index (χ4n) is 3.27. The summed E-state index contributed by atoms with van der Waals surface area (Å²) in [6.07, 6.45) is 3.63. The van der Waals surface area contributed by atoms with Crippen LogP contribution >= 0.6 is 0 Å². The quantitative estimate of drug-likeness (QED) is 0.439. The molecule has 0 fully saturated rings. The van der Waals surface area contributed by atoms with Crippen LogP contribution in [0.2, 0.25) is 0 Å². The smallest absolute Gasteiger partial charge is 0.277 e. The molecule has 0 aliphatic heterocycles. The highest BCUT2D eigenvalue weighted by atomic mass is 19.1. The highest BCUT2D eigenvalue weighted by molar-refractivity contribution is 6.04. The third-order valence-corrected chi connectivity index (χ3v) is 4.79. The van der Waals surface area contributed by atoms with Gasteiger partial charge in [0, 0.05) is 36.1 Å². The number of anilines is 1. The zero-order valence-electron chi connectivity index (χ0n) is 16.2. The molecule has 0 radical (unpaired) electrons.